The summed E-state index contributed by atoms with van der Waals surface area (Å²) >= 11 is 0. The number of carbonyl (C=O) groups is 1. The molecule has 0 aromatic rings. The summed E-state index contributed by atoms with van der Waals surface area (Å²) in [6, 6.07) is 0. The van der Waals surface area contributed by atoms with Crippen LogP contribution in [0.25, 0.3) is 0 Å². The first-order valence-electron chi connectivity index (χ1n) is 7.53. The first-order chi connectivity index (χ1) is 9.55. The van der Waals surface area contributed by atoms with Gasteiger partial charge in [-0.25, -0.2) is 0 Å². The van der Waals surface area contributed by atoms with Gasteiger partial charge < -0.3 is 14.6 Å². The summed E-state index contributed by atoms with van der Waals surface area (Å²) in [6.45, 7) is 2.12. The van der Waals surface area contributed by atoms with E-state index in [2.05, 4.69) is 6.92 Å². The molecule has 0 saturated carbocycles. The Labute approximate surface area is 119 Å². The number of allylic oxidation sites excluding steroid dienone is 2. The van der Waals surface area contributed by atoms with Crippen molar-refractivity contribution in [3.63, 3.8) is 0 Å². The molecule has 0 amide bonds. The van der Waals surface area contributed by atoms with Crippen molar-refractivity contribution in [2.75, 3.05) is 0 Å². The molecule has 4 heteroatoms. The number of aliphatic hydroxyl groups is 1. The molecule has 2 fully saturated rings. The van der Waals surface area contributed by atoms with Gasteiger partial charge in [-0.1, -0.05) is 13.3 Å². The van der Waals surface area contributed by atoms with E-state index in [1.165, 1.54) is 0 Å². The normalized spacial score (nSPS) is 39.0. The average Bonchev–Trinajstić information content (AvgIpc) is 2.71. The molecule has 110 valence electrons. The third-order valence-corrected chi connectivity index (χ3v) is 4.41. The standard InChI is InChI=1S/C16H22O4/c1-2-3-14-10-13(18)11-16(19-14)9-8-15(20-16)6-4-12(17)5-7-15/h4-7,13-14,18H,2-3,8-11H2,1H3/t13-,14+,16+/m0/s1. The largest absolute Gasteiger partial charge is 0.393 e. The number of aliphatic hydroxyl groups excluding tert-OH is 1. The van der Waals surface area contributed by atoms with Crippen molar-refractivity contribution in [2.24, 2.45) is 0 Å². The summed E-state index contributed by atoms with van der Waals surface area (Å²) < 4.78 is 12.4. The number of ether oxygens (including phenoxy) is 2. The molecule has 0 aromatic carbocycles. The van der Waals surface area contributed by atoms with E-state index in [0.717, 1.165) is 25.7 Å². The van der Waals surface area contributed by atoms with Crippen LogP contribution in [0.15, 0.2) is 24.3 Å². The Morgan fingerprint density at radius 3 is 2.80 bits per heavy atom. The van der Waals surface area contributed by atoms with E-state index in [0.29, 0.717) is 12.8 Å². The van der Waals surface area contributed by atoms with E-state index >= 15 is 0 Å². The Morgan fingerprint density at radius 2 is 2.10 bits per heavy atom. The van der Waals surface area contributed by atoms with Crippen LogP contribution in [0.1, 0.15) is 45.4 Å². The van der Waals surface area contributed by atoms with E-state index in [-0.39, 0.29) is 18.0 Å². The van der Waals surface area contributed by atoms with Crippen LogP contribution in [0.5, 0.6) is 0 Å². The van der Waals surface area contributed by atoms with Crippen LogP contribution in [0.4, 0.5) is 0 Å². The third kappa shape index (κ3) is 2.60. The molecule has 0 unspecified atom stereocenters. The van der Waals surface area contributed by atoms with Crippen molar-refractivity contribution in [1.82, 2.24) is 0 Å². The highest BCUT2D eigenvalue weighted by atomic mass is 16.7. The summed E-state index contributed by atoms with van der Waals surface area (Å²) in [6.07, 6.45) is 11.2. The van der Waals surface area contributed by atoms with Crippen molar-refractivity contribution < 1.29 is 19.4 Å². The minimum Gasteiger partial charge on any atom is -0.393 e. The van der Waals surface area contributed by atoms with Crippen LogP contribution in [-0.4, -0.2) is 34.5 Å². The summed E-state index contributed by atoms with van der Waals surface area (Å²) in [4.78, 5) is 11.3. The molecule has 2 heterocycles. The van der Waals surface area contributed by atoms with Gasteiger partial charge >= 0.3 is 0 Å². The maximum atomic E-state index is 11.3. The topological polar surface area (TPSA) is 55.8 Å². The van der Waals surface area contributed by atoms with Crippen LogP contribution in [0.2, 0.25) is 0 Å². The lowest BCUT2D eigenvalue weighted by Gasteiger charge is -2.41. The number of ketones is 1. The number of rotatable bonds is 2. The van der Waals surface area contributed by atoms with Crippen LogP contribution in [0.3, 0.4) is 0 Å². The van der Waals surface area contributed by atoms with Gasteiger partial charge in [0, 0.05) is 12.8 Å². The molecule has 20 heavy (non-hydrogen) atoms. The smallest absolute Gasteiger partial charge is 0.178 e. The number of hydrogen-bond acceptors (Lipinski definition) is 4. The Balaban J connectivity index is 1.76. The van der Waals surface area contributed by atoms with Crippen LogP contribution < -0.4 is 0 Å². The minimum atomic E-state index is -0.688. The average molecular weight is 278 g/mol. The highest BCUT2D eigenvalue weighted by Crippen LogP contribution is 2.47. The predicted octanol–water partition coefficient (Wildman–Crippen LogP) is 2.27. The lowest BCUT2D eigenvalue weighted by atomic mass is 9.91. The van der Waals surface area contributed by atoms with E-state index in [1.54, 1.807) is 12.2 Å². The van der Waals surface area contributed by atoms with E-state index in [1.807, 2.05) is 12.2 Å². The molecule has 0 radical (unpaired) electrons. The molecular weight excluding hydrogens is 256 g/mol. The second-order valence-corrected chi connectivity index (χ2v) is 6.16. The first-order valence-corrected chi connectivity index (χ1v) is 7.53. The molecule has 1 aliphatic carbocycles. The molecule has 2 spiro atoms. The van der Waals surface area contributed by atoms with Gasteiger partial charge in [0.25, 0.3) is 0 Å². The van der Waals surface area contributed by atoms with E-state index in [9.17, 15) is 9.90 Å². The van der Waals surface area contributed by atoms with Crippen LogP contribution in [-0.2, 0) is 14.3 Å². The van der Waals surface area contributed by atoms with Gasteiger partial charge in [0.2, 0.25) is 0 Å². The first kappa shape index (κ1) is 14.0. The fraction of sp³-hybridized carbons (Fsp3) is 0.688. The van der Waals surface area contributed by atoms with E-state index in [4.69, 9.17) is 9.47 Å². The summed E-state index contributed by atoms with van der Waals surface area (Å²) in [5.74, 6) is -0.694. The maximum absolute atomic E-state index is 11.3. The molecule has 0 aromatic heterocycles. The fourth-order valence-corrected chi connectivity index (χ4v) is 3.50. The molecule has 3 aliphatic rings. The maximum Gasteiger partial charge on any atom is 0.178 e. The van der Waals surface area contributed by atoms with Gasteiger partial charge in [-0.2, -0.15) is 0 Å². The van der Waals surface area contributed by atoms with Crippen LogP contribution in [0, 0.1) is 0 Å². The number of carbonyl (C=O) groups excluding carboxylic acids is 1. The van der Waals surface area contributed by atoms with Gasteiger partial charge in [-0.15, -0.1) is 0 Å². The second-order valence-electron chi connectivity index (χ2n) is 6.16. The summed E-state index contributed by atoms with van der Waals surface area (Å²) in [7, 11) is 0. The van der Waals surface area contributed by atoms with Gasteiger partial charge in [-0.05, 0) is 43.6 Å². The molecule has 2 aliphatic heterocycles. The summed E-state index contributed by atoms with van der Waals surface area (Å²) in [5, 5.41) is 10.1. The quantitative estimate of drug-likeness (QED) is 0.842. The predicted molar refractivity (Wildman–Crippen MR) is 74.1 cm³/mol. The third-order valence-electron chi connectivity index (χ3n) is 4.41. The number of hydrogen-bond donors (Lipinski definition) is 1. The van der Waals surface area contributed by atoms with Gasteiger partial charge in [0.1, 0.15) is 5.60 Å². The molecule has 0 bridgehead atoms. The molecule has 3 atom stereocenters. The van der Waals surface area contributed by atoms with Gasteiger partial charge in [0.15, 0.2) is 11.6 Å². The molecule has 3 rings (SSSR count). The van der Waals surface area contributed by atoms with Crippen molar-refractivity contribution >= 4 is 5.78 Å². The Morgan fingerprint density at radius 1 is 1.35 bits per heavy atom. The van der Waals surface area contributed by atoms with Crippen molar-refractivity contribution in [3.05, 3.63) is 24.3 Å². The Kier molecular flexibility index (Phi) is 3.56. The lowest BCUT2D eigenvalue weighted by molar-refractivity contribution is -0.292. The highest BCUT2D eigenvalue weighted by molar-refractivity contribution is 6.00. The Bertz CT molecular complexity index is 437. The van der Waals surface area contributed by atoms with Crippen LogP contribution >= 0.6 is 0 Å². The Hall–Kier alpha value is -0.970. The molecular formula is C16H22O4. The molecule has 1 N–H and O–H groups in total. The van der Waals surface area contributed by atoms with Gasteiger partial charge in [0.05, 0.1) is 12.2 Å². The van der Waals surface area contributed by atoms with Gasteiger partial charge in [-0.3, -0.25) is 4.79 Å². The summed E-state index contributed by atoms with van der Waals surface area (Å²) in [5.41, 5.74) is -0.526. The second kappa shape index (κ2) is 5.10. The van der Waals surface area contributed by atoms with E-state index < -0.39 is 11.4 Å². The van der Waals surface area contributed by atoms with Crippen molar-refractivity contribution in [1.29, 1.82) is 0 Å². The zero-order valence-corrected chi connectivity index (χ0v) is 11.9. The molecule has 2 saturated heterocycles. The zero-order valence-electron chi connectivity index (χ0n) is 11.9. The van der Waals surface area contributed by atoms with Crippen molar-refractivity contribution in [3.8, 4) is 0 Å². The zero-order chi connectivity index (χ0) is 14.2. The monoisotopic (exact) mass is 278 g/mol. The molecule has 4 nitrogen and oxygen atoms in total. The highest BCUT2D eigenvalue weighted by Gasteiger charge is 2.52. The minimum absolute atomic E-state index is 0.00590. The lowest BCUT2D eigenvalue weighted by Crippen LogP contribution is -2.47. The fourth-order valence-electron chi connectivity index (χ4n) is 3.50. The van der Waals surface area contributed by atoms with Crippen molar-refractivity contribution in [2.45, 2.75) is 69.0 Å². The SMILES string of the molecule is CCC[C@@H]1C[C@H](O)C[C@]2(CCC3(C=CC(=O)C=C3)O2)O1.